The average Bonchev–Trinajstić information content (AvgIpc) is 3.12. The maximum absolute atomic E-state index is 6.16. The van der Waals surface area contributed by atoms with Crippen LogP contribution in [0.15, 0.2) is 24.7 Å². The van der Waals surface area contributed by atoms with Gasteiger partial charge >= 0.3 is 0 Å². The van der Waals surface area contributed by atoms with Gasteiger partial charge in [0.05, 0.1) is 11.6 Å². The molecule has 3 aromatic rings. The van der Waals surface area contributed by atoms with Gasteiger partial charge in [-0.2, -0.15) is 5.10 Å². The van der Waals surface area contributed by atoms with E-state index >= 15 is 0 Å². The molecular formula is C16H20N6. The summed E-state index contributed by atoms with van der Waals surface area (Å²) < 4.78 is 0. The molecule has 114 valence electrons. The van der Waals surface area contributed by atoms with E-state index in [1.165, 1.54) is 5.69 Å². The number of pyridine rings is 1. The molecule has 1 fully saturated rings. The third-order valence-corrected chi connectivity index (χ3v) is 4.47. The molecule has 22 heavy (non-hydrogen) atoms. The molecule has 6 nitrogen and oxygen atoms in total. The van der Waals surface area contributed by atoms with E-state index in [0.29, 0.717) is 0 Å². The van der Waals surface area contributed by atoms with Crippen LogP contribution in [0.3, 0.4) is 0 Å². The van der Waals surface area contributed by atoms with Crippen LogP contribution in [0, 0.1) is 6.92 Å². The standard InChI is InChI=1S/C16H20N6/c1-10-12(8-20-21-10)13-7-19-16-15(13)14(4-5-18-16)22-6-2-3-11(17)9-22/h4-5,7-8,11H,2-3,6,9,17H2,1H3,(H,18,19)(H,20,21)/t11-/m0/s1. The first-order chi connectivity index (χ1) is 10.7. The lowest BCUT2D eigenvalue weighted by molar-refractivity contribution is 0.507. The minimum absolute atomic E-state index is 0.245. The van der Waals surface area contributed by atoms with E-state index < -0.39 is 0 Å². The van der Waals surface area contributed by atoms with Crippen LogP contribution in [0.4, 0.5) is 5.69 Å². The van der Waals surface area contributed by atoms with Crippen molar-refractivity contribution >= 4 is 16.7 Å². The second-order valence-electron chi connectivity index (χ2n) is 6.01. The Hall–Kier alpha value is -2.34. The van der Waals surface area contributed by atoms with Crippen molar-refractivity contribution in [3.05, 3.63) is 30.4 Å². The Morgan fingerprint density at radius 1 is 1.36 bits per heavy atom. The molecule has 4 N–H and O–H groups in total. The number of aryl methyl sites for hydroxylation is 1. The average molecular weight is 296 g/mol. The van der Waals surface area contributed by atoms with Crippen LogP contribution in [0.25, 0.3) is 22.2 Å². The van der Waals surface area contributed by atoms with Gasteiger partial charge in [-0.05, 0) is 25.8 Å². The summed E-state index contributed by atoms with van der Waals surface area (Å²) in [5.74, 6) is 0. The highest BCUT2D eigenvalue weighted by Crippen LogP contribution is 2.36. The molecule has 6 heteroatoms. The molecule has 0 saturated carbocycles. The number of H-pyrrole nitrogens is 2. The van der Waals surface area contributed by atoms with Crippen LogP contribution in [0.1, 0.15) is 18.5 Å². The van der Waals surface area contributed by atoms with Gasteiger partial charge in [0.2, 0.25) is 0 Å². The van der Waals surface area contributed by atoms with Gasteiger partial charge < -0.3 is 15.6 Å². The smallest absolute Gasteiger partial charge is 0.139 e. The zero-order chi connectivity index (χ0) is 15.1. The number of nitrogens with one attached hydrogen (secondary N) is 2. The number of hydrogen-bond donors (Lipinski definition) is 3. The molecule has 0 amide bonds. The number of anilines is 1. The van der Waals surface area contributed by atoms with Crippen molar-refractivity contribution in [3.63, 3.8) is 0 Å². The summed E-state index contributed by atoms with van der Waals surface area (Å²) in [6.07, 6.45) is 7.99. The minimum atomic E-state index is 0.245. The third-order valence-electron chi connectivity index (χ3n) is 4.47. The first-order valence-corrected chi connectivity index (χ1v) is 7.71. The van der Waals surface area contributed by atoms with Crippen molar-refractivity contribution in [1.82, 2.24) is 20.2 Å². The van der Waals surface area contributed by atoms with Crippen LogP contribution in [-0.4, -0.2) is 39.3 Å². The molecule has 4 heterocycles. The monoisotopic (exact) mass is 296 g/mol. The summed E-state index contributed by atoms with van der Waals surface area (Å²) >= 11 is 0. The van der Waals surface area contributed by atoms with E-state index in [9.17, 15) is 0 Å². The second kappa shape index (κ2) is 5.14. The first-order valence-electron chi connectivity index (χ1n) is 7.71. The topological polar surface area (TPSA) is 86.6 Å². The summed E-state index contributed by atoms with van der Waals surface area (Å²) in [5, 5.41) is 8.31. The number of piperidine rings is 1. The van der Waals surface area contributed by atoms with E-state index in [2.05, 4.69) is 31.1 Å². The van der Waals surface area contributed by atoms with Crippen LogP contribution < -0.4 is 10.6 Å². The lowest BCUT2D eigenvalue weighted by Gasteiger charge is -2.33. The van der Waals surface area contributed by atoms with Gasteiger partial charge in [0, 0.05) is 54.0 Å². The van der Waals surface area contributed by atoms with E-state index in [0.717, 1.165) is 53.8 Å². The fourth-order valence-electron chi connectivity index (χ4n) is 3.37. The zero-order valence-corrected chi connectivity index (χ0v) is 12.6. The molecule has 0 aliphatic carbocycles. The van der Waals surface area contributed by atoms with Crippen LogP contribution >= 0.6 is 0 Å². The SMILES string of the molecule is Cc1[nH]ncc1-c1c[nH]c2nccc(N3CCC[C@H](N)C3)c12. The predicted molar refractivity (Wildman–Crippen MR) is 87.8 cm³/mol. The van der Waals surface area contributed by atoms with Crippen molar-refractivity contribution in [1.29, 1.82) is 0 Å². The molecule has 0 unspecified atom stereocenters. The maximum atomic E-state index is 6.16. The molecule has 0 radical (unpaired) electrons. The number of aromatic nitrogens is 4. The van der Waals surface area contributed by atoms with E-state index in [4.69, 9.17) is 5.73 Å². The molecule has 1 aliphatic rings. The van der Waals surface area contributed by atoms with Crippen LogP contribution in [-0.2, 0) is 0 Å². The Labute approximate surface area is 128 Å². The van der Waals surface area contributed by atoms with Crippen LogP contribution in [0.5, 0.6) is 0 Å². The predicted octanol–water partition coefficient (Wildman–Crippen LogP) is 2.19. The Morgan fingerprint density at radius 3 is 3.05 bits per heavy atom. The van der Waals surface area contributed by atoms with Crippen molar-refractivity contribution in [2.24, 2.45) is 5.73 Å². The van der Waals surface area contributed by atoms with Crippen molar-refractivity contribution < 1.29 is 0 Å². The summed E-state index contributed by atoms with van der Waals surface area (Å²) in [5.41, 5.74) is 11.6. The highest BCUT2D eigenvalue weighted by atomic mass is 15.2. The lowest BCUT2D eigenvalue weighted by Crippen LogP contribution is -2.42. The van der Waals surface area contributed by atoms with Crippen molar-refractivity contribution in [2.45, 2.75) is 25.8 Å². The summed E-state index contributed by atoms with van der Waals surface area (Å²) in [7, 11) is 0. The number of hydrogen-bond acceptors (Lipinski definition) is 4. The van der Waals surface area contributed by atoms with Crippen molar-refractivity contribution in [3.8, 4) is 11.1 Å². The largest absolute Gasteiger partial charge is 0.369 e. The minimum Gasteiger partial charge on any atom is -0.369 e. The van der Waals surface area contributed by atoms with E-state index in [1.54, 1.807) is 0 Å². The molecule has 1 aliphatic heterocycles. The molecule has 1 saturated heterocycles. The first kappa shape index (κ1) is 13.3. The van der Waals surface area contributed by atoms with Crippen molar-refractivity contribution in [2.75, 3.05) is 18.0 Å². The van der Waals surface area contributed by atoms with Gasteiger partial charge in [0.1, 0.15) is 5.65 Å². The molecular weight excluding hydrogens is 276 g/mol. The fourth-order valence-corrected chi connectivity index (χ4v) is 3.37. The molecule has 4 rings (SSSR count). The van der Waals surface area contributed by atoms with Gasteiger partial charge in [-0.3, -0.25) is 5.10 Å². The number of aromatic amines is 2. The molecule has 0 aromatic carbocycles. The zero-order valence-electron chi connectivity index (χ0n) is 12.6. The highest BCUT2D eigenvalue weighted by Gasteiger charge is 2.21. The number of nitrogens with two attached hydrogens (primary N) is 1. The van der Waals surface area contributed by atoms with Gasteiger partial charge in [0.15, 0.2) is 0 Å². The lowest BCUT2D eigenvalue weighted by atomic mass is 10.0. The van der Waals surface area contributed by atoms with E-state index in [1.807, 2.05) is 25.5 Å². The maximum Gasteiger partial charge on any atom is 0.139 e. The number of nitrogens with zero attached hydrogens (tertiary/aromatic N) is 3. The van der Waals surface area contributed by atoms with Gasteiger partial charge in [0.25, 0.3) is 0 Å². The Bertz CT molecular complexity index is 802. The Kier molecular flexibility index (Phi) is 3.11. The van der Waals surface area contributed by atoms with Crippen LogP contribution in [0.2, 0.25) is 0 Å². The third kappa shape index (κ3) is 2.07. The Balaban J connectivity index is 1.88. The Morgan fingerprint density at radius 2 is 2.27 bits per heavy atom. The molecule has 3 aromatic heterocycles. The molecule has 0 spiro atoms. The highest BCUT2D eigenvalue weighted by molar-refractivity contribution is 6.02. The molecule has 1 atom stereocenters. The van der Waals surface area contributed by atoms with Gasteiger partial charge in [-0.25, -0.2) is 4.98 Å². The second-order valence-corrected chi connectivity index (χ2v) is 6.01. The van der Waals surface area contributed by atoms with E-state index in [-0.39, 0.29) is 6.04 Å². The number of rotatable bonds is 2. The number of fused-ring (bicyclic) bond motifs is 1. The summed E-state index contributed by atoms with van der Waals surface area (Å²) in [4.78, 5) is 10.1. The van der Waals surface area contributed by atoms with Gasteiger partial charge in [-0.1, -0.05) is 0 Å². The molecule has 0 bridgehead atoms. The normalized spacial score (nSPS) is 19.0. The quantitative estimate of drug-likeness (QED) is 0.676. The summed E-state index contributed by atoms with van der Waals surface area (Å²) in [6.45, 7) is 3.98. The van der Waals surface area contributed by atoms with Gasteiger partial charge in [-0.15, -0.1) is 0 Å². The summed E-state index contributed by atoms with van der Waals surface area (Å²) in [6, 6.07) is 2.34. The fraction of sp³-hybridized carbons (Fsp3) is 0.375.